The number of hydrogen-bond acceptors (Lipinski definition) is 3. The molecule has 1 aliphatic carbocycles. The Morgan fingerprint density at radius 3 is 2.05 bits per heavy atom. The summed E-state index contributed by atoms with van der Waals surface area (Å²) in [6, 6.07) is 0. The van der Waals surface area contributed by atoms with Crippen LogP contribution < -0.4 is 0 Å². The zero-order valence-corrected chi connectivity index (χ0v) is 13.6. The van der Waals surface area contributed by atoms with Gasteiger partial charge in [-0.1, -0.05) is 26.7 Å². The van der Waals surface area contributed by atoms with Gasteiger partial charge in [0.25, 0.3) is 0 Å². The fraction of sp³-hybridized carbons (Fsp3) is 0.941. The second-order valence-corrected chi connectivity index (χ2v) is 7.32. The number of aliphatic carboxylic acids is 1. The highest BCUT2D eigenvalue weighted by Gasteiger charge is 2.39. The zero-order chi connectivity index (χ0) is 15.5. The number of hydrogen-bond donors (Lipinski definition) is 2. The minimum Gasteiger partial charge on any atom is -0.481 e. The number of likely N-dealkylation sites (tertiary alicyclic amines) is 1. The van der Waals surface area contributed by atoms with E-state index in [0.717, 1.165) is 19.6 Å². The summed E-state index contributed by atoms with van der Waals surface area (Å²) >= 11 is 0. The largest absolute Gasteiger partial charge is 0.481 e. The van der Waals surface area contributed by atoms with E-state index >= 15 is 0 Å². The van der Waals surface area contributed by atoms with Gasteiger partial charge in [-0.3, -0.25) is 4.79 Å². The van der Waals surface area contributed by atoms with Crippen LogP contribution in [0.2, 0.25) is 0 Å². The van der Waals surface area contributed by atoms with Crippen molar-refractivity contribution in [1.82, 2.24) is 4.90 Å². The highest BCUT2D eigenvalue weighted by atomic mass is 16.4. The summed E-state index contributed by atoms with van der Waals surface area (Å²) in [6.07, 6.45) is 7.47. The molecule has 122 valence electrons. The molecule has 21 heavy (non-hydrogen) atoms. The normalized spacial score (nSPS) is 33.8. The van der Waals surface area contributed by atoms with E-state index in [1.165, 1.54) is 25.7 Å². The first kappa shape index (κ1) is 16.8. The molecule has 0 unspecified atom stereocenters. The maximum atomic E-state index is 11.0. The van der Waals surface area contributed by atoms with Gasteiger partial charge < -0.3 is 15.1 Å². The molecule has 1 saturated heterocycles. The van der Waals surface area contributed by atoms with Gasteiger partial charge >= 0.3 is 5.97 Å². The fourth-order valence-corrected chi connectivity index (χ4v) is 4.12. The van der Waals surface area contributed by atoms with Gasteiger partial charge in [-0.25, -0.2) is 0 Å². The molecule has 0 atom stereocenters. The highest BCUT2D eigenvalue weighted by Crippen LogP contribution is 2.39. The second-order valence-electron chi connectivity index (χ2n) is 7.32. The zero-order valence-electron chi connectivity index (χ0n) is 13.6. The Morgan fingerprint density at radius 2 is 1.62 bits per heavy atom. The van der Waals surface area contributed by atoms with Crippen LogP contribution in [-0.2, 0) is 4.79 Å². The predicted molar refractivity (Wildman–Crippen MR) is 83.2 cm³/mol. The maximum absolute atomic E-state index is 11.0. The summed E-state index contributed by atoms with van der Waals surface area (Å²) in [4.78, 5) is 13.4. The molecule has 2 rings (SSSR count). The number of nitrogens with zero attached hydrogens (tertiary/aromatic N) is 1. The van der Waals surface area contributed by atoms with Crippen LogP contribution in [0, 0.1) is 11.3 Å². The van der Waals surface area contributed by atoms with Gasteiger partial charge in [0.15, 0.2) is 0 Å². The SMILES string of the molecule is CCC1(CC)CCN(CC2(O)CCC(C(=O)O)CC2)CC1. The smallest absolute Gasteiger partial charge is 0.306 e. The first-order valence-corrected chi connectivity index (χ1v) is 8.59. The first-order valence-electron chi connectivity index (χ1n) is 8.59. The van der Waals surface area contributed by atoms with Crippen molar-refractivity contribution in [2.24, 2.45) is 11.3 Å². The number of carbonyl (C=O) groups is 1. The van der Waals surface area contributed by atoms with Crippen molar-refractivity contribution < 1.29 is 15.0 Å². The summed E-state index contributed by atoms with van der Waals surface area (Å²) in [7, 11) is 0. The number of β-amino-alcohol motifs (C(OH)–C–C–N with tert-alkyl or cyclic N) is 1. The van der Waals surface area contributed by atoms with Gasteiger partial charge in [0.2, 0.25) is 0 Å². The molecule has 2 N–H and O–H groups in total. The molecule has 2 aliphatic rings. The minimum atomic E-state index is -0.703. The van der Waals surface area contributed by atoms with Crippen LogP contribution in [0.25, 0.3) is 0 Å². The average molecular weight is 297 g/mol. The molecule has 1 aliphatic heterocycles. The lowest BCUT2D eigenvalue weighted by atomic mass is 9.73. The van der Waals surface area contributed by atoms with Crippen LogP contribution >= 0.6 is 0 Å². The van der Waals surface area contributed by atoms with E-state index in [1.807, 2.05) is 0 Å². The Balaban J connectivity index is 1.82. The number of carboxylic acid groups (broad SMARTS) is 1. The van der Waals surface area contributed by atoms with Crippen LogP contribution in [0.5, 0.6) is 0 Å². The van der Waals surface area contributed by atoms with E-state index in [-0.39, 0.29) is 5.92 Å². The van der Waals surface area contributed by atoms with Crippen molar-refractivity contribution in [2.75, 3.05) is 19.6 Å². The molecule has 1 saturated carbocycles. The van der Waals surface area contributed by atoms with Crippen LogP contribution in [0.15, 0.2) is 0 Å². The number of piperidine rings is 1. The van der Waals surface area contributed by atoms with E-state index in [2.05, 4.69) is 18.7 Å². The average Bonchev–Trinajstić information content (AvgIpc) is 2.48. The number of aliphatic hydroxyl groups is 1. The number of rotatable bonds is 5. The van der Waals surface area contributed by atoms with Crippen LogP contribution in [0.1, 0.15) is 65.2 Å². The van der Waals surface area contributed by atoms with Crippen molar-refractivity contribution in [2.45, 2.75) is 70.8 Å². The third-order valence-electron chi connectivity index (χ3n) is 6.20. The fourth-order valence-electron chi connectivity index (χ4n) is 4.12. The van der Waals surface area contributed by atoms with Gasteiger partial charge in [-0.05, 0) is 57.0 Å². The topological polar surface area (TPSA) is 60.8 Å². The van der Waals surface area contributed by atoms with E-state index in [9.17, 15) is 9.90 Å². The van der Waals surface area contributed by atoms with Crippen LogP contribution in [-0.4, -0.2) is 46.3 Å². The van der Waals surface area contributed by atoms with Gasteiger partial charge in [0.1, 0.15) is 0 Å². The Kier molecular flexibility index (Phi) is 5.31. The van der Waals surface area contributed by atoms with Gasteiger partial charge in [-0.2, -0.15) is 0 Å². The highest BCUT2D eigenvalue weighted by molar-refractivity contribution is 5.70. The Bertz CT molecular complexity index is 347. The molecule has 1 heterocycles. The molecule has 0 bridgehead atoms. The minimum absolute atomic E-state index is 0.250. The Hall–Kier alpha value is -0.610. The van der Waals surface area contributed by atoms with Crippen molar-refractivity contribution in [3.63, 3.8) is 0 Å². The summed E-state index contributed by atoms with van der Waals surface area (Å²) in [5.41, 5.74) is -0.148. The molecular weight excluding hydrogens is 266 g/mol. The molecule has 4 nitrogen and oxygen atoms in total. The lowest BCUT2D eigenvalue weighted by molar-refractivity contribution is -0.145. The molecule has 2 fully saturated rings. The van der Waals surface area contributed by atoms with Gasteiger partial charge in [0.05, 0.1) is 11.5 Å². The van der Waals surface area contributed by atoms with E-state index in [0.29, 0.717) is 31.1 Å². The molecule has 4 heteroatoms. The molecule has 0 aromatic heterocycles. The van der Waals surface area contributed by atoms with Gasteiger partial charge in [-0.15, -0.1) is 0 Å². The van der Waals surface area contributed by atoms with Gasteiger partial charge in [0, 0.05) is 6.54 Å². The summed E-state index contributed by atoms with van der Waals surface area (Å²) in [5, 5.41) is 19.8. The molecule has 0 aromatic rings. The van der Waals surface area contributed by atoms with Crippen LogP contribution in [0.4, 0.5) is 0 Å². The summed E-state index contributed by atoms with van der Waals surface area (Å²) in [5.74, 6) is -0.954. The Labute approximate surface area is 128 Å². The third-order valence-corrected chi connectivity index (χ3v) is 6.20. The standard InChI is InChI=1S/C17H31NO3/c1-3-16(4-2)9-11-18(12-10-16)13-17(21)7-5-14(6-8-17)15(19)20/h14,21H,3-13H2,1-2H3,(H,19,20). The molecule has 0 aromatic carbocycles. The number of carboxylic acids is 1. The van der Waals surface area contributed by atoms with E-state index in [4.69, 9.17) is 5.11 Å². The van der Waals surface area contributed by atoms with Crippen molar-refractivity contribution >= 4 is 5.97 Å². The quantitative estimate of drug-likeness (QED) is 0.819. The van der Waals surface area contributed by atoms with E-state index in [1.54, 1.807) is 0 Å². The van der Waals surface area contributed by atoms with E-state index < -0.39 is 11.6 Å². The predicted octanol–water partition coefficient (Wildman–Crippen LogP) is 2.89. The second kappa shape index (κ2) is 6.66. The lowest BCUT2D eigenvalue weighted by Crippen LogP contribution is -2.49. The van der Waals surface area contributed by atoms with Crippen molar-refractivity contribution in [3.8, 4) is 0 Å². The summed E-state index contributed by atoms with van der Waals surface area (Å²) < 4.78 is 0. The maximum Gasteiger partial charge on any atom is 0.306 e. The molecule has 0 amide bonds. The lowest BCUT2D eigenvalue weighted by Gasteiger charge is -2.45. The molecular formula is C17H31NO3. The molecule has 0 radical (unpaired) electrons. The van der Waals surface area contributed by atoms with Crippen molar-refractivity contribution in [1.29, 1.82) is 0 Å². The molecule has 0 spiro atoms. The van der Waals surface area contributed by atoms with Crippen LogP contribution in [0.3, 0.4) is 0 Å². The summed E-state index contributed by atoms with van der Waals surface area (Å²) in [6.45, 7) is 7.46. The monoisotopic (exact) mass is 297 g/mol. The Morgan fingerprint density at radius 1 is 1.10 bits per heavy atom. The first-order chi connectivity index (χ1) is 9.92. The van der Waals surface area contributed by atoms with Crippen molar-refractivity contribution in [3.05, 3.63) is 0 Å². The third kappa shape index (κ3) is 3.98.